The smallest absolute Gasteiger partial charge is 0.462 e. The van der Waals surface area contributed by atoms with Crippen molar-refractivity contribution in [2.24, 2.45) is 0 Å². The van der Waals surface area contributed by atoms with Crippen LogP contribution >= 0.6 is 7.82 Å². The number of likely N-dealkylation sites (N-methyl/N-ethyl adjacent to an activating group) is 1. The van der Waals surface area contributed by atoms with Gasteiger partial charge in [-0.05, 0) is 135 Å². The van der Waals surface area contributed by atoms with E-state index in [0.29, 0.717) is 23.9 Å². The van der Waals surface area contributed by atoms with Crippen molar-refractivity contribution in [1.29, 1.82) is 0 Å². The molecule has 0 aliphatic carbocycles. The fourth-order valence-electron chi connectivity index (χ4n) is 8.01. The Hall–Kier alpha value is -4.89. The molecular formula is C74H119NO8P+. The van der Waals surface area contributed by atoms with Crippen LogP contribution < -0.4 is 0 Å². The maximum absolute atomic E-state index is 12.9. The van der Waals surface area contributed by atoms with Crippen LogP contribution in [0.2, 0.25) is 0 Å². The number of esters is 2. The van der Waals surface area contributed by atoms with E-state index in [2.05, 4.69) is 196 Å². The maximum atomic E-state index is 12.9. The SMILES string of the molecule is CC/C=C\C/C=C\C/C=C\C/C=C\C/C=C\C/C=C\C/C=C\C/C=C\C/C=C\CCCCCCCCCC(=O)OC(COC(=O)CCCCCCCC/C=C\C/C=C\C/C=C\C/C=C\C/C=C\C/C=C\CC)COP(=O)(O)OCC[N+](C)(C)C. The summed E-state index contributed by atoms with van der Waals surface area (Å²) in [6.45, 7) is 4.15. The highest BCUT2D eigenvalue weighted by atomic mass is 31.2. The lowest BCUT2D eigenvalue weighted by Crippen LogP contribution is -2.37. The minimum Gasteiger partial charge on any atom is -0.462 e. The van der Waals surface area contributed by atoms with Gasteiger partial charge in [0.1, 0.15) is 19.8 Å². The van der Waals surface area contributed by atoms with Crippen molar-refractivity contribution in [2.75, 3.05) is 47.5 Å². The van der Waals surface area contributed by atoms with E-state index >= 15 is 0 Å². The molecular weight excluding hydrogens is 1060 g/mol. The first-order valence-corrected chi connectivity index (χ1v) is 34.0. The van der Waals surface area contributed by atoms with Crippen LogP contribution in [0.15, 0.2) is 182 Å². The highest BCUT2D eigenvalue weighted by Gasteiger charge is 2.27. The lowest BCUT2D eigenvalue weighted by molar-refractivity contribution is -0.870. The number of quaternary nitrogens is 1. The zero-order valence-electron chi connectivity index (χ0n) is 53.6. The van der Waals surface area contributed by atoms with Gasteiger partial charge in [-0.25, -0.2) is 4.57 Å². The molecule has 1 N–H and O–H groups in total. The Kier molecular flexibility index (Phi) is 59.0. The molecule has 84 heavy (non-hydrogen) atoms. The molecule has 0 amide bonds. The van der Waals surface area contributed by atoms with Crippen molar-refractivity contribution < 1.29 is 42.1 Å². The Balaban J connectivity index is 4.23. The predicted octanol–water partition coefficient (Wildman–Crippen LogP) is 21.1. The van der Waals surface area contributed by atoms with Gasteiger partial charge in [-0.15, -0.1) is 0 Å². The highest BCUT2D eigenvalue weighted by molar-refractivity contribution is 7.47. The molecule has 9 nitrogen and oxygen atoms in total. The van der Waals surface area contributed by atoms with E-state index in [-0.39, 0.29) is 26.1 Å². The van der Waals surface area contributed by atoms with Gasteiger partial charge >= 0.3 is 19.8 Å². The average molecular weight is 1180 g/mol. The second-order valence-electron chi connectivity index (χ2n) is 22.0. The Morgan fingerprint density at radius 2 is 0.643 bits per heavy atom. The van der Waals surface area contributed by atoms with Crippen LogP contribution in [0, 0.1) is 0 Å². The first kappa shape index (κ1) is 79.1. The third kappa shape index (κ3) is 66.3. The van der Waals surface area contributed by atoms with E-state index < -0.39 is 32.5 Å². The number of phosphoric ester groups is 1. The Morgan fingerprint density at radius 1 is 0.369 bits per heavy atom. The first-order valence-electron chi connectivity index (χ1n) is 32.5. The average Bonchev–Trinajstić information content (AvgIpc) is 3.61. The van der Waals surface area contributed by atoms with Crippen LogP contribution in [0.1, 0.15) is 219 Å². The largest absolute Gasteiger partial charge is 0.472 e. The summed E-state index contributed by atoms with van der Waals surface area (Å²) in [6, 6.07) is 0. The summed E-state index contributed by atoms with van der Waals surface area (Å²) in [6.07, 6.45) is 96.8. The molecule has 0 rings (SSSR count). The summed E-state index contributed by atoms with van der Waals surface area (Å²) in [5, 5.41) is 0. The van der Waals surface area contributed by atoms with Gasteiger partial charge in [0.15, 0.2) is 6.10 Å². The molecule has 0 aromatic carbocycles. The number of carbonyl (C=O) groups is 2. The van der Waals surface area contributed by atoms with Crippen molar-refractivity contribution in [2.45, 2.75) is 225 Å². The zero-order chi connectivity index (χ0) is 61.2. The molecule has 0 aliphatic heterocycles. The molecule has 10 heteroatoms. The number of rotatable bonds is 57. The number of allylic oxidation sites excluding steroid dienone is 30. The summed E-state index contributed by atoms with van der Waals surface area (Å²) in [5.41, 5.74) is 0. The Bertz CT molecular complexity index is 2070. The van der Waals surface area contributed by atoms with Gasteiger partial charge in [-0.3, -0.25) is 18.6 Å². The summed E-state index contributed by atoms with van der Waals surface area (Å²) >= 11 is 0. The highest BCUT2D eigenvalue weighted by Crippen LogP contribution is 2.43. The number of hydrogen-bond donors (Lipinski definition) is 1. The van der Waals surface area contributed by atoms with E-state index in [4.69, 9.17) is 18.5 Å². The van der Waals surface area contributed by atoms with Crippen LogP contribution in [-0.4, -0.2) is 74.9 Å². The van der Waals surface area contributed by atoms with Crippen molar-refractivity contribution in [1.82, 2.24) is 0 Å². The summed E-state index contributed by atoms with van der Waals surface area (Å²) in [5.74, 6) is -0.842. The van der Waals surface area contributed by atoms with Gasteiger partial charge in [0.05, 0.1) is 27.7 Å². The molecule has 0 saturated heterocycles. The molecule has 472 valence electrons. The zero-order valence-corrected chi connectivity index (χ0v) is 54.4. The van der Waals surface area contributed by atoms with Gasteiger partial charge in [-0.1, -0.05) is 254 Å². The normalized spacial score (nSPS) is 14.4. The lowest BCUT2D eigenvalue weighted by atomic mass is 10.1. The number of nitrogens with zero attached hydrogens (tertiary/aromatic N) is 1. The molecule has 0 fully saturated rings. The van der Waals surface area contributed by atoms with E-state index in [1.165, 1.54) is 12.8 Å². The second kappa shape index (κ2) is 62.6. The second-order valence-corrected chi connectivity index (χ2v) is 23.5. The Labute approximate surface area is 514 Å². The lowest BCUT2D eigenvalue weighted by Gasteiger charge is -2.24. The molecule has 0 spiro atoms. The van der Waals surface area contributed by atoms with Gasteiger partial charge in [0.25, 0.3) is 0 Å². The molecule has 2 atom stereocenters. The number of unbranched alkanes of at least 4 members (excludes halogenated alkanes) is 13. The number of phosphoric acid groups is 1. The minimum absolute atomic E-state index is 0.0157. The van der Waals surface area contributed by atoms with E-state index in [1.54, 1.807) is 0 Å². The quantitative estimate of drug-likeness (QED) is 0.0211. The van der Waals surface area contributed by atoms with Crippen molar-refractivity contribution in [3.63, 3.8) is 0 Å². The fourth-order valence-corrected chi connectivity index (χ4v) is 8.75. The topological polar surface area (TPSA) is 108 Å². The van der Waals surface area contributed by atoms with Crippen molar-refractivity contribution in [3.8, 4) is 0 Å². The van der Waals surface area contributed by atoms with Gasteiger partial charge in [0, 0.05) is 12.8 Å². The third-order valence-electron chi connectivity index (χ3n) is 12.9. The predicted molar refractivity (Wildman–Crippen MR) is 362 cm³/mol. The molecule has 2 unspecified atom stereocenters. The molecule has 0 saturated carbocycles. The number of hydrogen-bond acceptors (Lipinski definition) is 7. The summed E-state index contributed by atoms with van der Waals surface area (Å²) in [4.78, 5) is 35.8. The van der Waals surface area contributed by atoms with Crippen molar-refractivity contribution >= 4 is 19.8 Å². The standard InChI is InChI=1S/C74H118NO8P/c1-6-8-10-12-14-16-18-20-22-24-26-28-30-32-33-34-35-36-37-38-39-40-41-43-45-47-49-51-53-55-57-59-61-63-65-67-74(77)83-72(71-82-84(78,79)81-69-68-75(3,4)5)70-80-73(76)66-64-62-60-58-56-54-52-50-48-46-44-42-31-29-27-25-23-21-19-17-15-13-11-9-7-2/h8-11,14-17,20-23,26-29,32-33,35-36,38-39,41-44,47-50,72H,6-7,12-13,18-19,24-25,30-31,34,37,40,45-46,51-71H2,1-5H3/p+1/b10-8-,11-9-,16-14-,17-15-,22-20-,23-21-,28-26-,29-27-,33-32-,36-35-,39-38-,43-41-,44-42-,49-47-,50-48-. The molecule has 0 heterocycles. The fraction of sp³-hybridized carbons (Fsp3) is 0.568. The molecule has 0 aromatic rings. The van der Waals surface area contributed by atoms with Crippen LogP contribution in [0.3, 0.4) is 0 Å². The number of carbonyl (C=O) groups excluding carboxylic acids is 2. The van der Waals surface area contributed by atoms with E-state index in [0.717, 1.165) is 167 Å². The third-order valence-corrected chi connectivity index (χ3v) is 13.9. The molecule has 0 aromatic heterocycles. The minimum atomic E-state index is -4.41. The maximum Gasteiger partial charge on any atom is 0.472 e. The van der Waals surface area contributed by atoms with Gasteiger partial charge in [-0.2, -0.15) is 0 Å². The van der Waals surface area contributed by atoms with Crippen LogP contribution in [0.5, 0.6) is 0 Å². The van der Waals surface area contributed by atoms with Crippen LogP contribution in [0.4, 0.5) is 0 Å². The van der Waals surface area contributed by atoms with E-state index in [9.17, 15) is 19.0 Å². The van der Waals surface area contributed by atoms with Gasteiger partial charge < -0.3 is 18.9 Å². The molecule has 0 radical (unpaired) electrons. The van der Waals surface area contributed by atoms with E-state index in [1.807, 2.05) is 21.1 Å². The van der Waals surface area contributed by atoms with Crippen molar-refractivity contribution in [3.05, 3.63) is 182 Å². The monoisotopic (exact) mass is 1180 g/mol. The first-order chi connectivity index (χ1) is 41.0. The van der Waals surface area contributed by atoms with Crippen LogP contribution in [-0.2, 0) is 32.7 Å². The summed E-state index contributed by atoms with van der Waals surface area (Å²) in [7, 11) is 1.43. The Morgan fingerprint density at radius 3 is 0.952 bits per heavy atom. The number of ether oxygens (including phenoxy) is 2. The molecule has 0 aliphatic rings. The van der Waals surface area contributed by atoms with Gasteiger partial charge in [0.2, 0.25) is 0 Å². The summed E-state index contributed by atoms with van der Waals surface area (Å²) < 4.78 is 34.6. The molecule has 0 bridgehead atoms. The van der Waals surface area contributed by atoms with Crippen LogP contribution in [0.25, 0.3) is 0 Å².